The van der Waals surface area contributed by atoms with Crippen molar-refractivity contribution in [1.29, 1.82) is 0 Å². The molecule has 1 fully saturated rings. The lowest BCUT2D eigenvalue weighted by Crippen LogP contribution is -2.62. The van der Waals surface area contributed by atoms with Crippen molar-refractivity contribution in [1.82, 2.24) is 5.32 Å². The van der Waals surface area contributed by atoms with Crippen molar-refractivity contribution in [3.8, 4) is 0 Å². The molecule has 1 aliphatic carbocycles. The summed E-state index contributed by atoms with van der Waals surface area (Å²) in [7, 11) is 1.77. The zero-order valence-corrected chi connectivity index (χ0v) is 12.3. The average Bonchev–Trinajstić information content (AvgIpc) is 2.38. The van der Waals surface area contributed by atoms with Crippen molar-refractivity contribution in [2.45, 2.75) is 44.9 Å². The Hall–Kier alpha value is -0.900. The number of hydrogen-bond donors (Lipinski definition) is 2. The summed E-state index contributed by atoms with van der Waals surface area (Å²) in [4.78, 5) is 0. The third-order valence-electron chi connectivity index (χ3n) is 4.55. The van der Waals surface area contributed by atoms with E-state index in [0.717, 1.165) is 12.0 Å². The maximum atomic E-state index is 10.6. The molecule has 0 aromatic heterocycles. The molecule has 0 amide bonds. The third kappa shape index (κ3) is 2.83. The molecule has 3 unspecified atom stereocenters. The largest absolute Gasteiger partial charge is 0.384 e. The zero-order chi connectivity index (χ0) is 14.1. The van der Waals surface area contributed by atoms with Gasteiger partial charge in [0.2, 0.25) is 0 Å². The van der Waals surface area contributed by atoms with E-state index in [2.05, 4.69) is 19.2 Å². The fourth-order valence-electron chi connectivity index (χ4n) is 2.85. The van der Waals surface area contributed by atoms with Gasteiger partial charge in [0, 0.05) is 25.1 Å². The topological polar surface area (TPSA) is 41.5 Å². The quantitative estimate of drug-likeness (QED) is 0.856. The van der Waals surface area contributed by atoms with Crippen LogP contribution in [-0.2, 0) is 10.3 Å². The lowest BCUT2D eigenvalue weighted by molar-refractivity contribution is -0.102. The Morgan fingerprint density at radius 2 is 2.00 bits per heavy atom. The summed E-state index contributed by atoms with van der Waals surface area (Å²) in [6.07, 6.45) is 1.32. The molecule has 2 N–H and O–H groups in total. The van der Waals surface area contributed by atoms with Crippen LogP contribution in [-0.4, -0.2) is 30.9 Å². The van der Waals surface area contributed by atoms with Gasteiger partial charge >= 0.3 is 0 Å². The van der Waals surface area contributed by atoms with Crippen molar-refractivity contribution in [3.63, 3.8) is 0 Å². The molecule has 1 aliphatic rings. The molecular formula is C16H25NO2. The smallest absolute Gasteiger partial charge is 0.0992 e. The molecule has 1 aromatic rings. The standard InChI is InChI=1S/C16H25NO2/c1-15(2)13(10-14(15)19-4)17-11-16(3,18)12-8-6-5-7-9-12/h5-9,13-14,17-18H,10-11H2,1-4H3. The number of aliphatic hydroxyl groups is 1. The van der Waals surface area contributed by atoms with Gasteiger partial charge in [-0.25, -0.2) is 0 Å². The van der Waals surface area contributed by atoms with Crippen LogP contribution in [0.3, 0.4) is 0 Å². The summed E-state index contributed by atoms with van der Waals surface area (Å²) < 4.78 is 5.45. The average molecular weight is 263 g/mol. The van der Waals surface area contributed by atoms with E-state index >= 15 is 0 Å². The number of hydrogen-bond acceptors (Lipinski definition) is 3. The second-order valence-corrected chi connectivity index (χ2v) is 6.35. The molecular weight excluding hydrogens is 238 g/mol. The highest BCUT2D eigenvalue weighted by molar-refractivity contribution is 5.22. The van der Waals surface area contributed by atoms with E-state index in [0.29, 0.717) is 18.7 Å². The van der Waals surface area contributed by atoms with E-state index in [9.17, 15) is 5.11 Å². The second kappa shape index (κ2) is 5.23. The van der Waals surface area contributed by atoms with Gasteiger partial charge in [0.15, 0.2) is 0 Å². The molecule has 0 radical (unpaired) electrons. The molecule has 106 valence electrons. The second-order valence-electron chi connectivity index (χ2n) is 6.35. The predicted molar refractivity (Wildman–Crippen MR) is 77.0 cm³/mol. The lowest BCUT2D eigenvalue weighted by atomic mass is 9.64. The molecule has 3 atom stereocenters. The highest BCUT2D eigenvalue weighted by Crippen LogP contribution is 2.42. The fourth-order valence-corrected chi connectivity index (χ4v) is 2.85. The summed E-state index contributed by atoms with van der Waals surface area (Å²) in [5.74, 6) is 0. The van der Waals surface area contributed by atoms with Gasteiger partial charge in [-0.3, -0.25) is 0 Å². The van der Waals surface area contributed by atoms with Gasteiger partial charge in [0.1, 0.15) is 0 Å². The van der Waals surface area contributed by atoms with E-state index in [1.54, 1.807) is 7.11 Å². The van der Waals surface area contributed by atoms with Crippen molar-refractivity contribution >= 4 is 0 Å². The van der Waals surface area contributed by atoms with Crippen LogP contribution in [0.5, 0.6) is 0 Å². The summed E-state index contributed by atoms with van der Waals surface area (Å²) in [6.45, 7) is 6.83. The van der Waals surface area contributed by atoms with Crippen LogP contribution < -0.4 is 5.32 Å². The highest BCUT2D eigenvalue weighted by atomic mass is 16.5. The summed E-state index contributed by atoms with van der Waals surface area (Å²) in [5, 5.41) is 14.0. The third-order valence-corrected chi connectivity index (χ3v) is 4.55. The summed E-state index contributed by atoms with van der Waals surface area (Å²) in [5.41, 5.74) is 0.236. The lowest BCUT2D eigenvalue weighted by Gasteiger charge is -2.52. The van der Waals surface area contributed by atoms with Crippen LogP contribution in [0.1, 0.15) is 32.8 Å². The van der Waals surface area contributed by atoms with Crippen LogP contribution in [0.2, 0.25) is 0 Å². The van der Waals surface area contributed by atoms with E-state index in [1.165, 1.54) is 0 Å². The Bertz CT molecular complexity index is 414. The number of methoxy groups -OCH3 is 1. The number of ether oxygens (including phenoxy) is 1. The molecule has 0 bridgehead atoms. The van der Waals surface area contributed by atoms with Gasteiger partial charge in [-0.1, -0.05) is 44.2 Å². The zero-order valence-electron chi connectivity index (χ0n) is 12.3. The van der Waals surface area contributed by atoms with E-state index in [4.69, 9.17) is 4.74 Å². The normalized spacial score (nSPS) is 28.5. The SMILES string of the molecule is COC1CC(NCC(C)(O)c2ccccc2)C1(C)C. The molecule has 3 nitrogen and oxygen atoms in total. The van der Waals surface area contributed by atoms with Crippen LogP contribution in [0.15, 0.2) is 30.3 Å². The van der Waals surface area contributed by atoms with Gasteiger partial charge in [-0.2, -0.15) is 0 Å². The molecule has 0 saturated heterocycles. The monoisotopic (exact) mass is 263 g/mol. The fraction of sp³-hybridized carbons (Fsp3) is 0.625. The Labute approximate surface area is 116 Å². The molecule has 0 aliphatic heterocycles. The van der Waals surface area contributed by atoms with Crippen molar-refractivity contribution in [3.05, 3.63) is 35.9 Å². The molecule has 1 saturated carbocycles. The van der Waals surface area contributed by atoms with Gasteiger partial charge < -0.3 is 15.2 Å². The Morgan fingerprint density at radius 3 is 2.53 bits per heavy atom. The molecule has 0 heterocycles. The minimum atomic E-state index is -0.838. The van der Waals surface area contributed by atoms with Gasteiger partial charge in [0.05, 0.1) is 11.7 Å². The first-order chi connectivity index (χ1) is 8.88. The first kappa shape index (κ1) is 14.5. The predicted octanol–water partition coefficient (Wildman–Crippen LogP) is 2.30. The Kier molecular flexibility index (Phi) is 4.00. The van der Waals surface area contributed by atoms with Crippen LogP contribution in [0.4, 0.5) is 0 Å². The van der Waals surface area contributed by atoms with Gasteiger partial charge in [-0.15, -0.1) is 0 Å². The molecule has 3 heteroatoms. The number of nitrogens with one attached hydrogen (secondary N) is 1. The van der Waals surface area contributed by atoms with E-state index in [-0.39, 0.29) is 5.41 Å². The molecule has 1 aromatic carbocycles. The van der Waals surface area contributed by atoms with Crippen molar-refractivity contribution < 1.29 is 9.84 Å². The molecule has 2 rings (SSSR count). The van der Waals surface area contributed by atoms with E-state index in [1.807, 2.05) is 37.3 Å². The Balaban J connectivity index is 1.93. The van der Waals surface area contributed by atoms with Crippen LogP contribution in [0.25, 0.3) is 0 Å². The summed E-state index contributed by atoms with van der Waals surface area (Å²) in [6, 6.07) is 10.2. The van der Waals surface area contributed by atoms with Gasteiger partial charge in [0.25, 0.3) is 0 Å². The minimum absolute atomic E-state index is 0.127. The number of benzene rings is 1. The highest BCUT2D eigenvalue weighted by Gasteiger charge is 2.48. The Morgan fingerprint density at radius 1 is 1.37 bits per heavy atom. The van der Waals surface area contributed by atoms with Gasteiger partial charge in [-0.05, 0) is 18.9 Å². The first-order valence-corrected chi connectivity index (χ1v) is 6.92. The maximum absolute atomic E-state index is 10.6. The van der Waals surface area contributed by atoms with E-state index < -0.39 is 5.60 Å². The molecule has 19 heavy (non-hydrogen) atoms. The van der Waals surface area contributed by atoms with Crippen molar-refractivity contribution in [2.75, 3.05) is 13.7 Å². The first-order valence-electron chi connectivity index (χ1n) is 6.92. The maximum Gasteiger partial charge on any atom is 0.0992 e. The van der Waals surface area contributed by atoms with Crippen LogP contribution >= 0.6 is 0 Å². The molecule has 0 spiro atoms. The van der Waals surface area contributed by atoms with Crippen LogP contribution in [0, 0.1) is 5.41 Å². The summed E-state index contributed by atoms with van der Waals surface area (Å²) >= 11 is 0. The number of rotatable bonds is 5. The minimum Gasteiger partial charge on any atom is -0.384 e. The van der Waals surface area contributed by atoms with Crippen molar-refractivity contribution in [2.24, 2.45) is 5.41 Å².